The van der Waals surface area contributed by atoms with Crippen molar-refractivity contribution in [2.75, 3.05) is 39.3 Å². The number of carbonyl (C=O) groups excluding carboxylic acids is 3. The Morgan fingerprint density at radius 2 is 1.17 bits per heavy atom. The molecule has 2 aliphatic heterocycles. The maximum Gasteiger partial charge on any atom is 0.226 e. The van der Waals surface area contributed by atoms with Gasteiger partial charge >= 0.3 is 0 Å². The Balaban J connectivity index is 1.47. The average Bonchev–Trinajstić information content (AvgIpc) is 3.35. The van der Waals surface area contributed by atoms with Crippen molar-refractivity contribution in [2.45, 2.75) is 33.1 Å². The third-order valence-corrected chi connectivity index (χ3v) is 5.56. The molecule has 3 amide bonds. The highest BCUT2D eigenvalue weighted by molar-refractivity contribution is 5.92. The third-order valence-electron chi connectivity index (χ3n) is 5.56. The number of likely N-dealkylation sites (tertiary alicyclic amines) is 1. The fraction of sp³-hybridized carbons (Fsp3) is 0.824. The van der Waals surface area contributed by atoms with Crippen LogP contribution in [-0.2, 0) is 14.4 Å². The first-order valence-corrected chi connectivity index (χ1v) is 8.80. The molecule has 128 valence electrons. The molecule has 0 aromatic heterocycles. The lowest BCUT2D eigenvalue weighted by Crippen LogP contribution is -2.50. The van der Waals surface area contributed by atoms with E-state index in [0.717, 1.165) is 25.9 Å². The second kappa shape index (κ2) is 6.49. The maximum atomic E-state index is 12.5. The van der Waals surface area contributed by atoms with Gasteiger partial charge in [0.25, 0.3) is 0 Å². The molecule has 3 aliphatic rings. The van der Waals surface area contributed by atoms with E-state index in [-0.39, 0.29) is 29.6 Å². The lowest BCUT2D eigenvalue weighted by molar-refractivity contribution is -0.141. The fourth-order valence-electron chi connectivity index (χ4n) is 3.68. The minimum absolute atomic E-state index is 0.0657. The van der Waals surface area contributed by atoms with Gasteiger partial charge in [0.15, 0.2) is 0 Å². The van der Waals surface area contributed by atoms with Crippen LogP contribution in [0, 0.1) is 17.8 Å². The first-order valence-electron chi connectivity index (χ1n) is 8.80. The van der Waals surface area contributed by atoms with E-state index in [9.17, 15) is 14.4 Å². The summed E-state index contributed by atoms with van der Waals surface area (Å²) in [6.07, 6.45) is 2.85. The highest BCUT2D eigenvalue weighted by Crippen LogP contribution is 2.42. The van der Waals surface area contributed by atoms with Gasteiger partial charge in [-0.1, -0.05) is 6.92 Å². The molecule has 0 spiro atoms. The van der Waals surface area contributed by atoms with Gasteiger partial charge < -0.3 is 14.7 Å². The maximum absolute atomic E-state index is 12.5. The number of nitrogens with zero attached hydrogens (tertiary/aromatic N) is 3. The zero-order chi connectivity index (χ0) is 16.6. The van der Waals surface area contributed by atoms with Crippen LogP contribution in [0.5, 0.6) is 0 Å². The predicted octanol–water partition coefficient (Wildman–Crippen LogP) is 0.572. The Hall–Kier alpha value is -1.59. The van der Waals surface area contributed by atoms with Crippen molar-refractivity contribution in [1.29, 1.82) is 0 Å². The fourth-order valence-corrected chi connectivity index (χ4v) is 3.68. The van der Waals surface area contributed by atoms with Gasteiger partial charge in [-0.2, -0.15) is 0 Å². The molecule has 0 aromatic carbocycles. The molecule has 2 heterocycles. The first-order chi connectivity index (χ1) is 11.0. The van der Waals surface area contributed by atoms with Crippen LogP contribution in [-0.4, -0.2) is 71.7 Å². The van der Waals surface area contributed by atoms with Crippen molar-refractivity contribution in [2.24, 2.45) is 17.8 Å². The average molecular weight is 321 g/mol. The van der Waals surface area contributed by atoms with Crippen LogP contribution in [0.3, 0.4) is 0 Å². The largest absolute Gasteiger partial charge is 0.342 e. The van der Waals surface area contributed by atoms with Crippen LogP contribution in [0.15, 0.2) is 0 Å². The molecule has 0 radical (unpaired) electrons. The van der Waals surface area contributed by atoms with Gasteiger partial charge in [0, 0.05) is 46.2 Å². The van der Waals surface area contributed by atoms with Gasteiger partial charge in [-0.05, 0) is 25.2 Å². The molecular formula is C17H27N3O3. The standard InChI is InChI=1S/C17H27N3O3/c1-12-3-5-19(6-4-12)16(22)14-11-15(14)17(23)20-9-7-18(8-10-20)13(2)21/h12,14-15H,3-11H2,1-2H3. The van der Waals surface area contributed by atoms with E-state index in [0.29, 0.717) is 38.5 Å². The smallest absolute Gasteiger partial charge is 0.226 e. The molecule has 3 fully saturated rings. The summed E-state index contributed by atoms with van der Waals surface area (Å²) >= 11 is 0. The van der Waals surface area contributed by atoms with E-state index >= 15 is 0 Å². The predicted molar refractivity (Wildman–Crippen MR) is 85.4 cm³/mol. The van der Waals surface area contributed by atoms with Gasteiger partial charge in [0.05, 0.1) is 11.8 Å². The number of hydrogen-bond acceptors (Lipinski definition) is 3. The summed E-state index contributed by atoms with van der Waals surface area (Å²) in [7, 11) is 0. The van der Waals surface area contributed by atoms with Crippen molar-refractivity contribution >= 4 is 17.7 Å². The summed E-state index contributed by atoms with van der Waals surface area (Å²) in [5.41, 5.74) is 0. The number of carbonyl (C=O) groups is 3. The molecule has 0 N–H and O–H groups in total. The van der Waals surface area contributed by atoms with Crippen molar-refractivity contribution in [3.05, 3.63) is 0 Å². The van der Waals surface area contributed by atoms with Gasteiger partial charge in [0.1, 0.15) is 0 Å². The summed E-state index contributed by atoms with van der Waals surface area (Å²) in [6.45, 7) is 7.88. The number of piperidine rings is 1. The molecule has 2 saturated heterocycles. The van der Waals surface area contributed by atoms with E-state index in [2.05, 4.69) is 6.92 Å². The van der Waals surface area contributed by atoms with E-state index in [1.807, 2.05) is 9.80 Å². The van der Waals surface area contributed by atoms with E-state index < -0.39 is 0 Å². The second-order valence-corrected chi connectivity index (χ2v) is 7.29. The lowest BCUT2D eigenvalue weighted by atomic mass is 9.99. The minimum Gasteiger partial charge on any atom is -0.342 e. The SMILES string of the molecule is CC(=O)N1CCN(C(=O)C2CC2C(=O)N2CCC(C)CC2)CC1. The molecule has 6 heteroatoms. The number of hydrogen-bond donors (Lipinski definition) is 0. The zero-order valence-corrected chi connectivity index (χ0v) is 14.2. The Bertz CT molecular complexity index is 491. The van der Waals surface area contributed by atoms with Gasteiger partial charge in [-0.3, -0.25) is 14.4 Å². The summed E-state index contributed by atoms with van der Waals surface area (Å²) in [6, 6.07) is 0. The molecule has 2 atom stereocenters. The molecule has 1 aliphatic carbocycles. The Morgan fingerprint density at radius 1 is 0.739 bits per heavy atom. The third kappa shape index (κ3) is 3.51. The molecule has 6 nitrogen and oxygen atoms in total. The van der Waals surface area contributed by atoms with Crippen molar-refractivity contribution in [3.63, 3.8) is 0 Å². The normalized spacial score (nSPS) is 28.7. The molecule has 2 unspecified atom stereocenters. The van der Waals surface area contributed by atoms with Crippen molar-refractivity contribution in [1.82, 2.24) is 14.7 Å². The van der Waals surface area contributed by atoms with E-state index in [1.165, 1.54) is 0 Å². The summed E-state index contributed by atoms with van der Waals surface area (Å²) < 4.78 is 0. The molecular weight excluding hydrogens is 294 g/mol. The second-order valence-electron chi connectivity index (χ2n) is 7.29. The molecule has 1 saturated carbocycles. The van der Waals surface area contributed by atoms with Crippen LogP contribution in [0.2, 0.25) is 0 Å². The number of rotatable bonds is 2. The van der Waals surface area contributed by atoms with Gasteiger partial charge in [-0.15, -0.1) is 0 Å². The zero-order valence-electron chi connectivity index (χ0n) is 14.2. The summed E-state index contributed by atoms with van der Waals surface area (Å²) in [4.78, 5) is 41.9. The molecule has 0 bridgehead atoms. The van der Waals surface area contributed by atoms with Crippen LogP contribution in [0.25, 0.3) is 0 Å². The lowest BCUT2D eigenvalue weighted by Gasteiger charge is -2.34. The van der Waals surface area contributed by atoms with E-state index in [1.54, 1.807) is 11.8 Å². The summed E-state index contributed by atoms with van der Waals surface area (Å²) in [5, 5.41) is 0. The Labute approximate surface area is 137 Å². The van der Waals surface area contributed by atoms with Crippen LogP contribution >= 0.6 is 0 Å². The van der Waals surface area contributed by atoms with Crippen molar-refractivity contribution in [3.8, 4) is 0 Å². The highest BCUT2D eigenvalue weighted by Gasteiger charge is 2.51. The topological polar surface area (TPSA) is 60.9 Å². The minimum atomic E-state index is -0.120. The van der Waals surface area contributed by atoms with Crippen molar-refractivity contribution < 1.29 is 14.4 Å². The van der Waals surface area contributed by atoms with Crippen LogP contribution in [0.1, 0.15) is 33.1 Å². The molecule has 23 heavy (non-hydrogen) atoms. The molecule has 0 aromatic rings. The van der Waals surface area contributed by atoms with Gasteiger partial charge in [-0.25, -0.2) is 0 Å². The number of piperazine rings is 1. The molecule has 3 rings (SSSR count). The Morgan fingerprint density at radius 3 is 1.65 bits per heavy atom. The van der Waals surface area contributed by atoms with E-state index in [4.69, 9.17) is 0 Å². The first kappa shape index (κ1) is 16.3. The summed E-state index contributed by atoms with van der Waals surface area (Å²) in [5.74, 6) is 0.839. The monoisotopic (exact) mass is 321 g/mol. The van der Waals surface area contributed by atoms with Crippen LogP contribution in [0.4, 0.5) is 0 Å². The van der Waals surface area contributed by atoms with Crippen LogP contribution < -0.4 is 0 Å². The van der Waals surface area contributed by atoms with Gasteiger partial charge in [0.2, 0.25) is 17.7 Å². The Kier molecular flexibility index (Phi) is 4.60. The quantitative estimate of drug-likeness (QED) is 0.747. The number of amides is 3. The highest BCUT2D eigenvalue weighted by atomic mass is 16.2.